The van der Waals surface area contributed by atoms with E-state index in [4.69, 9.17) is 14.7 Å². The first-order valence-corrected chi connectivity index (χ1v) is 12.2. The van der Waals surface area contributed by atoms with E-state index in [-0.39, 0.29) is 29.9 Å². The van der Waals surface area contributed by atoms with E-state index in [1.165, 1.54) is 12.1 Å². The lowest BCUT2D eigenvalue weighted by atomic mass is 9.88. The maximum atomic E-state index is 14.9. The smallest absolute Gasteiger partial charge is 0.182 e. The first-order chi connectivity index (χ1) is 17.4. The van der Waals surface area contributed by atoms with Gasteiger partial charge in [-0.15, -0.1) is 0 Å². The summed E-state index contributed by atoms with van der Waals surface area (Å²) in [7, 11) is 0. The number of hydrogen-bond donors (Lipinski definition) is 1. The van der Waals surface area contributed by atoms with Crippen molar-refractivity contribution in [2.45, 2.75) is 63.7 Å². The predicted octanol–water partition coefficient (Wildman–Crippen LogP) is 4.51. The van der Waals surface area contributed by atoms with Gasteiger partial charge in [-0.05, 0) is 51.7 Å². The first-order valence-electron chi connectivity index (χ1n) is 12.2. The van der Waals surface area contributed by atoms with E-state index in [9.17, 15) is 13.9 Å². The van der Waals surface area contributed by atoms with Gasteiger partial charge in [0.15, 0.2) is 5.65 Å². The Balaban J connectivity index is 1.44. The first kappa shape index (κ1) is 23.1. The molecule has 0 unspecified atom stereocenters. The normalized spacial score (nSPS) is 22.3. The molecular formula is C26H26F2N6O2. The van der Waals surface area contributed by atoms with E-state index >= 15 is 0 Å². The molecule has 6 rings (SSSR count). The van der Waals surface area contributed by atoms with Gasteiger partial charge in [-0.2, -0.15) is 5.10 Å². The van der Waals surface area contributed by atoms with Crippen LogP contribution in [-0.4, -0.2) is 47.5 Å². The fourth-order valence-corrected chi connectivity index (χ4v) is 4.80. The minimum Gasteiger partial charge on any atom is -0.394 e. The molecule has 0 spiro atoms. The molecule has 3 atom stereocenters. The lowest BCUT2D eigenvalue weighted by molar-refractivity contribution is -0.0819. The van der Waals surface area contributed by atoms with Gasteiger partial charge < -0.3 is 9.84 Å². The van der Waals surface area contributed by atoms with Crippen LogP contribution in [0.15, 0.2) is 30.6 Å². The second-order valence-electron chi connectivity index (χ2n) is 9.70. The summed E-state index contributed by atoms with van der Waals surface area (Å²) >= 11 is 0. The van der Waals surface area contributed by atoms with Crippen LogP contribution in [0.2, 0.25) is 0 Å². The van der Waals surface area contributed by atoms with Gasteiger partial charge in [-0.3, -0.25) is 4.68 Å². The molecule has 2 fully saturated rings. The third-order valence-corrected chi connectivity index (χ3v) is 7.03. The summed E-state index contributed by atoms with van der Waals surface area (Å²) in [5, 5.41) is 14.4. The van der Waals surface area contributed by atoms with Crippen molar-refractivity contribution in [2.75, 3.05) is 6.61 Å². The Hall–Kier alpha value is -3.37. The molecule has 1 aliphatic carbocycles. The molecule has 4 heterocycles. The van der Waals surface area contributed by atoms with Crippen molar-refractivity contribution < 1.29 is 18.6 Å². The van der Waals surface area contributed by atoms with Crippen molar-refractivity contribution in [1.29, 1.82) is 0 Å². The van der Waals surface area contributed by atoms with E-state index in [0.717, 1.165) is 24.5 Å². The van der Waals surface area contributed by atoms with E-state index in [0.29, 0.717) is 47.3 Å². The van der Waals surface area contributed by atoms with Gasteiger partial charge in [0.25, 0.3) is 0 Å². The SMILES string of the molecule is Cc1nc2nc([C@H]3C[C@@H](CO)O[C@@H](c4cnn(C5CC5)c4)C3)nc(-c3ccc(F)cc3F)c2nc1C. The van der Waals surface area contributed by atoms with Crippen molar-refractivity contribution in [3.8, 4) is 11.3 Å². The third kappa shape index (κ3) is 4.24. The largest absolute Gasteiger partial charge is 0.394 e. The van der Waals surface area contributed by atoms with E-state index in [1.807, 2.05) is 30.9 Å². The van der Waals surface area contributed by atoms with Crippen molar-refractivity contribution in [3.05, 3.63) is 65.0 Å². The maximum absolute atomic E-state index is 14.9. The summed E-state index contributed by atoms with van der Waals surface area (Å²) in [6, 6.07) is 3.85. The third-order valence-electron chi connectivity index (χ3n) is 7.03. The average Bonchev–Trinajstić information content (AvgIpc) is 3.60. The predicted molar refractivity (Wildman–Crippen MR) is 127 cm³/mol. The van der Waals surface area contributed by atoms with Gasteiger partial charge in [0.1, 0.15) is 28.7 Å². The van der Waals surface area contributed by atoms with Gasteiger partial charge in [-0.1, -0.05) is 0 Å². The van der Waals surface area contributed by atoms with Crippen molar-refractivity contribution in [1.82, 2.24) is 29.7 Å². The summed E-state index contributed by atoms with van der Waals surface area (Å²) in [5.74, 6) is -1.11. The highest BCUT2D eigenvalue weighted by Crippen LogP contribution is 2.41. The number of nitrogens with zero attached hydrogens (tertiary/aromatic N) is 6. The number of halogens is 2. The molecule has 3 aromatic heterocycles. The Bertz CT molecular complexity index is 1450. The molecule has 10 heteroatoms. The van der Waals surface area contributed by atoms with Crippen molar-refractivity contribution >= 4 is 11.2 Å². The monoisotopic (exact) mass is 492 g/mol. The zero-order valence-electron chi connectivity index (χ0n) is 20.0. The van der Waals surface area contributed by atoms with Gasteiger partial charge >= 0.3 is 0 Å². The molecule has 1 saturated carbocycles. The van der Waals surface area contributed by atoms with Crippen LogP contribution in [0.1, 0.15) is 66.5 Å². The standard InChI is InChI=1S/C26H26F2N6O2/c1-13-14(2)31-26-24(30-13)23(20-6-3-17(27)9-21(20)28)32-25(33-26)15-7-19(12-35)36-22(8-15)16-10-29-34(11-16)18-4-5-18/h3,6,9-11,15,18-19,22,35H,4-5,7-8,12H2,1-2H3/t15-,19-,22+/m0/s1. The van der Waals surface area contributed by atoms with Crippen LogP contribution in [0.25, 0.3) is 22.4 Å². The highest BCUT2D eigenvalue weighted by atomic mass is 19.1. The van der Waals surface area contributed by atoms with Crippen LogP contribution in [-0.2, 0) is 4.74 Å². The number of benzene rings is 1. The number of aryl methyl sites for hydroxylation is 2. The Morgan fingerprint density at radius 2 is 1.86 bits per heavy atom. The number of fused-ring (bicyclic) bond motifs is 1. The Labute approximate surface area is 206 Å². The molecule has 0 amide bonds. The molecule has 0 bridgehead atoms. The van der Waals surface area contributed by atoms with Crippen molar-refractivity contribution in [2.24, 2.45) is 0 Å². The molecule has 0 radical (unpaired) electrons. The zero-order valence-corrected chi connectivity index (χ0v) is 20.0. The lowest BCUT2D eigenvalue weighted by Gasteiger charge is -2.33. The van der Waals surface area contributed by atoms with Gasteiger partial charge in [0, 0.05) is 29.3 Å². The van der Waals surface area contributed by atoms with Crippen molar-refractivity contribution in [3.63, 3.8) is 0 Å². The minimum atomic E-state index is -0.730. The molecule has 8 nitrogen and oxygen atoms in total. The van der Waals surface area contributed by atoms with E-state index < -0.39 is 17.7 Å². The number of rotatable bonds is 5. The number of aromatic nitrogens is 6. The van der Waals surface area contributed by atoms with Crippen LogP contribution in [0.5, 0.6) is 0 Å². The second-order valence-corrected chi connectivity index (χ2v) is 9.70. The number of aliphatic hydroxyl groups excluding tert-OH is 1. The molecule has 186 valence electrons. The molecule has 2 aliphatic rings. The quantitative estimate of drug-likeness (QED) is 0.438. The fraction of sp³-hybridized carbons (Fsp3) is 0.423. The lowest BCUT2D eigenvalue weighted by Crippen LogP contribution is -2.30. The number of aliphatic hydroxyl groups is 1. The summed E-state index contributed by atoms with van der Waals surface area (Å²) < 4.78 is 36.7. The number of ether oxygens (including phenoxy) is 1. The van der Waals surface area contributed by atoms with Crippen LogP contribution < -0.4 is 0 Å². The molecule has 1 aromatic carbocycles. The number of hydrogen-bond acceptors (Lipinski definition) is 7. The van der Waals surface area contributed by atoms with E-state index in [2.05, 4.69) is 15.1 Å². The molecule has 4 aromatic rings. The topological polar surface area (TPSA) is 98.8 Å². The summed E-state index contributed by atoms with van der Waals surface area (Å²) in [6.07, 6.45) is 6.46. The highest BCUT2D eigenvalue weighted by Gasteiger charge is 2.35. The summed E-state index contributed by atoms with van der Waals surface area (Å²) in [6.45, 7) is 3.51. The minimum absolute atomic E-state index is 0.135. The molecule has 36 heavy (non-hydrogen) atoms. The Kier molecular flexibility index (Phi) is 5.72. The molecular weight excluding hydrogens is 466 g/mol. The molecule has 1 N–H and O–H groups in total. The van der Waals surface area contributed by atoms with Gasteiger partial charge in [0.2, 0.25) is 0 Å². The van der Waals surface area contributed by atoms with E-state index in [1.54, 1.807) is 0 Å². The van der Waals surface area contributed by atoms with Crippen LogP contribution in [0.4, 0.5) is 8.78 Å². The Morgan fingerprint density at radius 1 is 1.06 bits per heavy atom. The van der Waals surface area contributed by atoms with Gasteiger partial charge in [-0.25, -0.2) is 28.7 Å². The Morgan fingerprint density at radius 3 is 2.61 bits per heavy atom. The van der Waals surface area contributed by atoms with Crippen LogP contribution in [0.3, 0.4) is 0 Å². The fourth-order valence-electron chi connectivity index (χ4n) is 4.80. The van der Waals surface area contributed by atoms with Crippen LogP contribution in [0, 0.1) is 25.5 Å². The van der Waals surface area contributed by atoms with Gasteiger partial charge in [0.05, 0.1) is 42.4 Å². The van der Waals surface area contributed by atoms with Crippen LogP contribution >= 0.6 is 0 Å². The summed E-state index contributed by atoms with van der Waals surface area (Å²) in [4.78, 5) is 18.7. The second kappa shape index (κ2) is 8.94. The summed E-state index contributed by atoms with van der Waals surface area (Å²) in [5.41, 5.74) is 3.46. The highest BCUT2D eigenvalue weighted by molar-refractivity contribution is 5.87. The molecule has 1 aliphatic heterocycles. The zero-order chi connectivity index (χ0) is 25.0. The average molecular weight is 493 g/mol. The maximum Gasteiger partial charge on any atom is 0.182 e. The molecule has 1 saturated heterocycles.